The molecule has 0 aliphatic rings. The topological polar surface area (TPSA) is 61.7 Å². The normalized spacial score (nSPS) is 11.7. The number of imidazole rings is 1. The van der Waals surface area contributed by atoms with Gasteiger partial charge in [0.1, 0.15) is 17.3 Å². The molecule has 98 valence electrons. The molecule has 0 radical (unpaired) electrons. The van der Waals surface area contributed by atoms with Crippen molar-refractivity contribution < 1.29 is 0 Å². The Morgan fingerprint density at radius 3 is 2.28 bits per heavy atom. The van der Waals surface area contributed by atoms with E-state index in [0.717, 1.165) is 17.1 Å². The number of anilines is 1. The van der Waals surface area contributed by atoms with E-state index < -0.39 is 0 Å². The van der Waals surface area contributed by atoms with Crippen LogP contribution in [0.3, 0.4) is 0 Å². The largest absolute Gasteiger partial charge is 0.383 e. The minimum Gasteiger partial charge on any atom is -0.383 e. The Morgan fingerprint density at radius 1 is 1.17 bits per heavy atom. The van der Waals surface area contributed by atoms with Crippen LogP contribution < -0.4 is 5.73 Å². The lowest BCUT2D eigenvalue weighted by Gasteiger charge is -2.11. The lowest BCUT2D eigenvalue weighted by molar-refractivity contribution is 0.532. The highest BCUT2D eigenvalue weighted by Gasteiger charge is 2.17. The fourth-order valence-corrected chi connectivity index (χ4v) is 2.17. The Kier molecular flexibility index (Phi) is 3.15. The van der Waals surface area contributed by atoms with Crippen LogP contribution in [-0.4, -0.2) is 19.3 Å². The van der Waals surface area contributed by atoms with E-state index in [4.69, 9.17) is 5.73 Å². The maximum absolute atomic E-state index is 6.19. The monoisotopic (exact) mass is 247 g/mol. The molecule has 0 aliphatic heterocycles. The molecule has 5 heteroatoms. The molecule has 0 fully saturated rings. The van der Waals surface area contributed by atoms with Gasteiger partial charge in [-0.15, -0.1) is 0 Å². The molecule has 18 heavy (non-hydrogen) atoms. The molecule has 0 aliphatic carbocycles. The first kappa shape index (κ1) is 12.7. The number of hydrogen-bond donors (Lipinski definition) is 1. The molecule has 2 rings (SSSR count). The first-order valence-corrected chi connectivity index (χ1v) is 6.30. The van der Waals surface area contributed by atoms with Crippen LogP contribution >= 0.6 is 0 Å². The summed E-state index contributed by atoms with van der Waals surface area (Å²) in [6.45, 7) is 10.4. The second-order valence-corrected chi connectivity index (χ2v) is 5.16. The van der Waals surface area contributed by atoms with Gasteiger partial charge in [-0.25, -0.2) is 4.98 Å². The second kappa shape index (κ2) is 4.48. The lowest BCUT2D eigenvalue weighted by Crippen LogP contribution is -2.07. The van der Waals surface area contributed by atoms with Crippen molar-refractivity contribution in [2.24, 2.45) is 0 Å². The van der Waals surface area contributed by atoms with E-state index in [0.29, 0.717) is 17.9 Å². The van der Waals surface area contributed by atoms with Crippen LogP contribution in [-0.2, 0) is 0 Å². The summed E-state index contributed by atoms with van der Waals surface area (Å²) in [5, 5.41) is 4.33. The van der Waals surface area contributed by atoms with Crippen LogP contribution in [0.4, 0.5) is 5.82 Å². The summed E-state index contributed by atoms with van der Waals surface area (Å²) in [6.07, 6.45) is 3.82. The van der Waals surface area contributed by atoms with Crippen LogP contribution in [0.2, 0.25) is 0 Å². The van der Waals surface area contributed by atoms with E-state index in [1.165, 1.54) is 0 Å². The fraction of sp³-hybridized carbons (Fsp3) is 0.538. The molecule has 0 unspecified atom stereocenters. The van der Waals surface area contributed by atoms with E-state index in [-0.39, 0.29) is 0 Å². The van der Waals surface area contributed by atoms with Crippen LogP contribution in [0.5, 0.6) is 0 Å². The first-order chi connectivity index (χ1) is 8.41. The predicted molar refractivity (Wildman–Crippen MR) is 73.4 cm³/mol. The van der Waals surface area contributed by atoms with Gasteiger partial charge in [0.25, 0.3) is 0 Å². The number of nitrogen functional groups attached to an aromatic ring is 1. The smallest absolute Gasteiger partial charge is 0.132 e. The second-order valence-electron chi connectivity index (χ2n) is 5.16. The molecular formula is C13H21N5. The molecule has 0 amide bonds. The van der Waals surface area contributed by atoms with Crippen molar-refractivity contribution in [3.63, 3.8) is 0 Å². The molecule has 2 aromatic rings. The number of aryl methyl sites for hydroxylation is 1. The van der Waals surface area contributed by atoms with Gasteiger partial charge in [-0.05, 0) is 34.6 Å². The summed E-state index contributed by atoms with van der Waals surface area (Å²) < 4.78 is 3.96. The van der Waals surface area contributed by atoms with E-state index >= 15 is 0 Å². The van der Waals surface area contributed by atoms with Crippen LogP contribution in [0.1, 0.15) is 45.6 Å². The average Bonchev–Trinajstić information content (AvgIpc) is 2.83. The van der Waals surface area contributed by atoms with Gasteiger partial charge < -0.3 is 10.3 Å². The van der Waals surface area contributed by atoms with Crippen molar-refractivity contribution in [2.45, 2.75) is 46.7 Å². The van der Waals surface area contributed by atoms with Gasteiger partial charge >= 0.3 is 0 Å². The zero-order valence-electron chi connectivity index (χ0n) is 11.7. The van der Waals surface area contributed by atoms with Crippen LogP contribution in [0.15, 0.2) is 12.4 Å². The van der Waals surface area contributed by atoms with Gasteiger partial charge in [0.05, 0.1) is 6.20 Å². The quantitative estimate of drug-likeness (QED) is 0.907. The zero-order chi connectivity index (χ0) is 13.4. The highest BCUT2D eigenvalue weighted by Crippen LogP contribution is 2.28. The molecular weight excluding hydrogens is 226 g/mol. The third kappa shape index (κ3) is 2.00. The summed E-state index contributed by atoms with van der Waals surface area (Å²) >= 11 is 0. The van der Waals surface area contributed by atoms with Gasteiger partial charge in [-0.1, -0.05) is 0 Å². The minimum absolute atomic E-state index is 0.311. The molecule has 0 aromatic carbocycles. The minimum atomic E-state index is 0.311. The summed E-state index contributed by atoms with van der Waals surface area (Å²) in [6, 6.07) is 0.652. The SMILES string of the molecule is Cc1nc(-c2cnn(C(C)C)c2)c(N)n1C(C)C. The van der Waals surface area contributed by atoms with Crippen molar-refractivity contribution in [1.29, 1.82) is 0 Å². The van der Waals surface area contributed by atoms with Gasteiger partial charge in [-0.2, -0.15) is 5.10 Å². The Bertz CT molecular complexity index is 548. The molecule has 0 saturated heterocycles. The summed E-state index contributed by atoms with van der Waals surface area (Å²) in [4.78, 5) is 4.56. The van der Waals surface area contributed by atoms with Gasteiger partial charge in [-0.3, -0.25) is 4.68 Å². The van der Waals surface area contributed by atoms with Crippen molar-refractivity contribution >= 4 is 5.82 Å². The van der Waals surface area contributed by atoms with Crippen molar-refractivity contribution in [2.75, 3.05) is 5.73 Å². The van der Waals surface area contributed by atoms with Crippen LogP contribution in [0, 0.1) is 6.92 Å². The van der Waals surface area contributed by atoms with Crippen LogP contribution in [0.25, 0.3) is 11.3 Å². The molecule has 5 nitrogen and oxygen atoms in total. The summed E-state index contributed by atoms with van der Waals surface area (Å²) in [5.74, 6) is 1.65. The molecule has 0 atom stereocenters. The van der Waals surface area contributed by atoms with Gasteiger partial charge in [0, 0.05) is 23.8 Å². The average molecular weight is 247 g/mol. The number of nitrogens with two attached hydrogens (primary N) is 1. The number of nitrogens with zero attached hydrogens (tertiary/aromatic N) is 4. The Morgan fingerprint density at radius 2 is 1.83 bits per heavy atom. The summed E-state index contributed by atoms with van der Waals surface area (Å²) in [7, 11) is 0. The molecule has 2 N–H and O–H groups in total. The lowest BCUT2D eigenvalue weighted by atomic mass is 10.2. The highest BCUT2D eigenvalue weighted by atomic mass is 15.3. The van der Waals surface area contributed by atoms with Crippen molar-refractivity contribution in [3.05, 3.63) is 18.2 Å². The number of rotatable bonds is 3. The molecule has 2 aromatic heterocycles. The van der Waals surface area contributed by atoms with Crippen molar-refractivity contribution in [1.82, 2.24) is 19.3 Å². The predicted octanol–water partition coefficient (Wildman–Crippen LogP) is 2.80. The van der Waals surface area contributed by atoms with E-state index in [2.05, 4.69) is 37.8 Å². The summed E-state index contributed by atoms with van der Waals surface area (Å²) in [5.41, 5.74) is 7.99. The maximum Gasteiger partial charge on any atom is 0.132 e. The first-order valence-electron chi connectivity index (χ1n) is 6.30. The van der Waals surface area contributed by atoms with E-state index in [1.807, 2.05) is 28.6 Å². The molecule has 0 spiro atoms. The molecule has 0 saturated carbocycles. The van der Waals surface area contributed by atoms with E-state index in [9.17, 15) is 0 Å². The Labute approximate surface area is 108 Å². The standard InChI is InChI=1S/C13H21N5/c1-8(2)17-7-11(6-15-17)12-13(14)18(9(3)4)10(5)16-12/h6-9H,14H2,1-5H3. The fourth-order valence-electron chi connectivity index (χ4n) is 2.17. The number of aromatic nitrogens is 4. The Hall–Kier alpha value is -1.78. The maximum atomic E-state index is 6.19. The third-order valence-electron chi connectivity index (χ3n) is 3.04. The highest BCUT2D eigenvalue weighted by molar-refractivity contribution is 5.70. The van der Waals surface area contributed by atoms with Crippen molar-refractivity contribution in [3.8, 4) is 11.3 Å². The van der Waals surface area contributed by atoms with E-state index in [1.54, 1.807) is 0 Å². The Balaban J connectivity index is 2.48. The van der Waals surface area contributed by atoms with Gasteiger partial charge in [0.2, 0.25) is 0 Å². The zero-order valence-corrected chi connectivity index (χ0v) is 11.7. The third-order valence-corrected chi connectivity index (χ3v) is 3.04. The molecule has 2 heterocycles. The number of hydrogen-bond acceptors (Lipinski definition) is 3. The molecule has 0 bridgehead atoms. The van der Waals surface area contributed by atoms with Gasteiger partial charge in [0.15, 0.2) is 0 Å².